The summed E-state index contributed by atoms with van der Waals surface area (Å²) in [5, 5.41) is 15.6. The van der Waals surface area contributed by atoms with Crippen molar-refractivity contribution < 1.29 is 9.90 Å². The number of nitrogens with one attached hydrogen (secondary N) is 2. The summed E-state index contributed by atoms with van der Waals surface area (Å²) >= 11 is 6.01. The van der Waals surface area contributed by atoms with Crippen LogP contribution < -0.4 is 15.5 Å². The molecule has 0 heterocycles. The number of hydrogen-bond donors (Lipinski definition) is 3. The van der Waals surface area contributed by atoms with Gasteiger partial charge in [0.25, 0.3) is 0 Å². The van der Waals surface area contributed by atoms with Crippen LogP contribution in [-0.2, 0) is 0 Å². The Kier molecular flexibility index (Phi) is 5.91. The number of hydrogen-bond acceptors (Lipinski definition) is 3. The second-order valence-electron chi connectivity index (χ2n) is 6.05. The lowest BCUT2D eigenvalue weighted by Gasteiger charge is -2.28. The van der Waals surface area contributed by atoms with Crippen molar-refractivity contribution in [3.8, 4) is 0 Å². The molecule has 0 aromatic heterocycles. The van der Waals surface area contributed by atoms with Crippen LogP contribution in [0.2, 0.25) is 5.02 Å². The largest absolute Gasteiger partial charge is 0.396 e. The highest BCUT2D eigenvalue weighted by Gasteiger charge is 2.22. The average molecular weight is 326 g/mol. The van der Waals surface area contributed by atoms with E-state index in [0.717, 1.165) is 31.4 Å². The van der Waals surface area contributed by atoms with Gasteiger partial charge in [-0.3, -0.25) is 0 Å². The maximum atomic E-state index is 12.2. The van der Waals surface area contributed by atoms with E-state index >= 15 is 0 Å². The van der Waals surface area contributed by atoms with E-state index in [1.54, 1.807) is 12.1 Å². The Hall–Kier alpha value is -1.46. The van der Waals surface area contributed by atoms with Crippen molar-refractivity contribution in [3.63, 3.8) is 0 Å². The van der Waals surface area contributed by atoms with Crippen LogP contribution in [0.1, 0.15) is 25.7 Å². The van der Waals surface area contributed by atoms with Gasteiger partial charge in [0.1, 0.15) is 0 Å². The highest BCUT2D eigenvalue weighted by atomic mass is 35.5. The molecule has 1 aliphatic rings. The average Bonchev–Trinajstić information content (AvgIpc) is 2.47. The van der Waals surface area contributed by atoms with Crippen molar-refractivity contribution in [2.75, 3.05) is 30.9 Å². The normalized spacial score (nSPS) is 21.3. The van der Waals surface area contributed by atoms with Gasteiger partial charge in [0.2, 0.25) is 0 Å². The summed E-state index contributed by atoms with van der Waals surface area (Å²) in [6.45, 7) is 0.244. The van der Waals surface area contributed by atoms with Crippen LogP contribution in [0.25, 0.3) is 0 Å². The molecule has 0 atom stereocenters. The maximum absolute atomic E-state index is 12.2. The number of anilines is 2. The van der Waals surface area contributed by atoms with E-state index < -0.39 is 0 Å². The van der Waals surface area contributed by atoms with E-state index in [1.165, 1.54) is 0 Å². The quantitative estimate of drug-likeness (QED) is 0.797. The zero-order valence-corrected chi connectivity index (χ0v) is 13.9. The number of carbonyl (C=O) groups excluding carboxylic acids is 1. The molecule has 1 aliphatic carbocycles. The zero-order chi connectivity index (χ0) is 16.1. The number of aliphatic hydroxyl groups is 1. The molecule has 0 radical (unpaired) electrons. The lowest BCUT2D eigenvalue weighted by molar-refractivity contribution is 0.176. The third kappa shape index (κ3) is 4.52. The molecule has 5 nitrogen and oxygen atoms in total. The third-order valence-electron chi connectivity index (χ3n) is 4.13. The number of urea groups is 1. The fraction of sp³-hybridized carbons (Fsp3) is 0.562. The van der Waals surface area contributed by atoms with Gasteiger partial charge in [-0.2, -0.15) is 0 Å². The second kappa shape index (κ2) is 7.70. The maximum Gasteiger partial charge on any atom is 0.319 e. The van der Waals surface area contributed by atoms with Crippen LogP contribution in [0, 0.1) is 5.92 Å². The van der Waals surface area contributed by atoms with Gasteiger partial charge in [-0.1, -0.05) is 11.6 Å². The molecule has 1 aromatic rings. The predicted molar refractivity (Wildman–Crippen MR) is 90.8 cm³/mol. The first kappa shape index (κ1) is 16.9. The second-order valence-corrected chi connectivity index (χ2v) is 6.49. The van der Waals surface area contributed by atoms with E-state index in [2.05, 4.69) is 10.6 Å². The van der Waals surface area contributed by atoms with Crippen molar-refractivity contribution in [3.05, 3.63) is 23.2 Å². The molecule has 0 spiro atoms. The number of benzene rings is 1. The van der Waals surface area contributed by atoms with Crippen molar-refractivity contribution in [1.82, 2.24) is 5.32 Å². The highest BCUT2D eigenvalue weighted by Crippen LogP contribution is 2.28. The zero-order valence-electron chi connectivity index (χ0n) is 13.1. The monoisotopic (exact) mass is 325 g/mol. The molecule has 3 N–H and O–H groups in total. The summed E-state index contributed by atoms with van der Waals surface area (Å²) in [5.74, 6) is 0.384. The van der Waals surface area contributed by atoms with Crippen LogP contribution in [0.5, 0.6) is 0 Å². The van der Waals surface area contributed by atoms with Gasteiger partial charge in [-0.15, -0.1) is 0 Å². The van der Waals surface area contributed by atoms with Crippen LogP contribution in [0.15, 0.2) is 18.2 Å². The Morgan fingerprint density at radius 2 is 2.00 bits per heavy atom. The smallest absolute Gasteiger partial charge is 0.319 e. The summed E-state index contributed by atoms with van der Waals surface area (Å²) in [6.07, 6.45) is 3.74. The van der Waals surface area contributed by atoms with Gasteiger partial charge in [-0.25, -0.2) is 4.79 Å². The molecular weight excluding hydrogens is 302 g/mol. The molecular formula is C16H24ClN3O2. The van der Waals surface area contributed by atoms with E-state index in [0.29, 0.717) is 16.6 Å². The standard InChI is InChI=1S/C16H24ClN3O2/c1-20(2)15-8-5-12(17)9-14(15)19-16(22)18-13-6-3-11(10-21)4-7-13/h5,8-9,11,13,21H,3-4,6-7,10H2,1-2H3,(H2,18,19,22). The summed E-state index contributed by atoms with van der Waals surface area (Å²) in [7, 11) is 3.84. The van der Waals surface area contributed by atoms with E-state index in [4.69, 9.17) is 16.7 Å². The van der Waals surface area contributed by atoms with E-state index in [-0.39, 0.29) is 18.7 Å². The SMILES string of the molecule is CN(C)c1ccc(Cl)cc1NC(=O)NC1CCC(CO)CC1. The Balaban J connectivity index is 1.94. The Morgan fingerprint density at radius 1 is 1.32 bits per heavy atom. The molecule has 0 unspecified atom stereocenters. The summed E-state index contributed by atoms with van der Waals surface area (Å²) in [5.41, 5.74) is 1.60. The molecule has 1 saturated carbocycles. The topological polar surface area (TPSA) is 64.6 Å². The third-order valence-corrected chi connectivity index (χ3v) is 4.36. The number of amides is 2. The van der Waals surface area contributed by atoms with Crippen molar-refractivity contribution in [2.45, 2.75) is 31.7 Å². The van der Waals surface area contributed by atoms with E-state index in [9.17, 15) is 4.79 Å². The minimum atomic E-state index is -0.210. The van der Waals surface area contributed by atoms with Crippen LogP contribution >= 0.6 is 11.6 Å². The van der Waals surface area contributed by atoms with Crippen LogP contribution in [-0.4, -0.2) is 37.9 Å². The number of rotatable bonds is 4. The van der Waals surface area contributed by atoms with Crippen molar-refractivity contribution >= 4 is 29.0 Å². The molecule has 0 aliphatic heterocycles. The first-order valence-electron chi connectivity index (χ1n) is 7.65. The molecule has 2 amide bonds. The molecule has 22 heavy (non-hydrogen) atoms. The van der Waals surface area contributed by atoms with Gasteiger partial charge in [0, 0.05) is 31.8 Å². The Morgan fingerprint density at radius 3 is 2.59 bits per heavy atom. The van der Waals surface area contributed by atoms with Crippen LogP contribution in [0.4, 0.5) is 16.2 Å². The van der Waals surface area contributed by atoms with Gasteiger partial charge in [-0.05, 0) is 49.8 Å². The summed E-state index contributed by atoms with van der Waals surface area (Å²) < 4.78 is 0. The predicted octanol–water partition coefficient (Wildman–Crippen LogP) is 3.08. The lowest BCUT2D eigenvalue weighted by Crippen LogP contribution is -2.40. The molecule has 0 bridgehead atoms. The fourth-order valence-corrected chi connectivity index (χ4v) is 3.00. The van der Waals surface area contributed by atoms with Crippen molar-refractivity contribution in [2.24, 2.45) is 5.92 Å². The molecule has 1 aromatic carbocycles. The Bertz CT molecular complexity index is 514. The molecule has 6 heteroatoms. The van der Waals surface area contributed by atoms with Crippen LogP contribution in [0.3, 0.4) is 0 Å². The molecule has 1 fully saturated rings. The first-order chi connectivity index (χ1) is 10.5. The minimum Gasteiger partial charge on any atom is -0.396 e. The first-order valence-corrected chi connectivity index (χ1v) is 8.02. The number of nitrogens with zero attached hydrogens (tertiary/aromatic N) is 1. The van der Waals surface area contributed by atoms with Crippen molar-refractivity contribution in [1.29, 1.82) is 0 Å². The van der Waals surface area contributed by atoms with Gasteiger partial charge in [0.05, 0.1) is 11.4 Å². The van der Waals surface area contributed by atoms with E-state index in [1.807, 2.05) is 25.1 Å². The molecule has 2 rings (SSSR count). The minimum absolute atomic E-state index is 0.171. The molecule has 122 valence electrons. The van der Waals surface area contributed by atoms with Gasteiger partial charge in [0.15, 0.2) is 0 Å². The van der Waals surface area contributed by atoms with Gasteiger partial charge < -0.3 is 20.6 Å². The highest BCUT2D eigenvalue weighted by molar-refractivity contribution is 6.31. The number of halogens is 1. The van der Waals surface area contributed by atoms with Gasteiger partial charge >= 0.3 is 6.03 Å². The number of aliphatic hydroxyl groups excluding tert-OH is 1. The Labute approximate surface area is 136 Å². The molecule has 0 saturated heterocycles. The summed E-state index contributed by atoms with van der Waals surface area (Å²) in [4.78, 5) is 14.1. The lowest BCUT2D eigenvalue weighted by atomic mass is 9.87. The number of carbonyl (C=O) groups is 1. The summed E-state index contributed by atoms with van der Waals surface area (Å²) in [6, 6.07) is 5.39. The fourth-order valence-electron chi connectivity index (χ4n) is 2.83.